The molecule has 2 atom stereocenters. The van der Waals surface area contributed by atoms with Gasteiger partial charge in [0.25, 0.3) is 0 Å². The van der Waals surface area contributed by atoms with Gasteiger partial charge in [0.2, 0.25) is 0 Å². The summed E-state index contributed by atoms with van der Waals surface area (Å²) in [6.07, 6.45) is 2.17. The molecule has 2 unspecified atom stereocenters. The number of rotatable bonds is 3. The molecule has 0 radical (unpaired) electrons. The van der Waals surface area contributed by atoms with Crippen LogP contribution in [0.5, 0.6) is 0 Å². The molecule has 4 heteroatoms. The minimum absolute atomic E-state index is 0.0478. The van der Waals surface area contributed by atoms with Gasteiger partial charge >= 0.3 is 0 Å². The fraction of sp³-hybridized carbons (Fsp3) is 0.429. The number of Topliss-reactive ketones (excluding diaryl/α,β-unsaturated/α-hetero) is 1. The summed E-state index contributed by atoms with van der Waals surface area (Å²) in [5.41, 5.74) is 2.22. The van der Waals surface area contributed by atoms with E-state index in [1.807, 2.05) is 25.1 Å². The van der Waals surface area contributed by atoms with E-state index in [0.717, 1.165) is 35.0 Å². The first-order valence-corrected chi connectivity index (χ1v) is 6.91. The molecule has 0 aromatic heterocycles. The Hall–Kier alpha value is -1.00. The Labute approximate surface area is 115 Å². The van der Waals surface area contributed by atoms with E-state index in [2.05, 4.69) is 21.2 Å². The van der Waals surface area contributed by atoms with Crippen molar-refractivity contribution in [1.82, 2.24) is 5.32 Å². The first-order chi connectivity index (χ1) is 8.63. The third kappa shape index (κ3) is 2.70. The summed E-state index contributed by atoms with van der Waals surface area (Å²) < 4.78 is 1.03. The molecule has 1 aromatic rings. The van der Waals surface area contributed by atoms with Crippen molar-refractivity contribution in [1.29, 1.82) is 0 Å². The van der Waals surface area contributed by atoms with Crippen LogP contribution in [0.4, 0.5) is 0 Å². The lowest BCUT2D eigenvalue weighted by Crippen LogP contribution is -2.38. The van der Waals surface area contributed by atoms with E-state index in [9.17, 15) is 9.59 Å². The zero-order valence-electron chi connectivity index (χ0n) is 10.3. The lowest BCUT2D eigenvalue weighted by atomic mass is 9.83. The van der Waals surface area contributed by atoms with Crippen molar-refractivity contribution in [3.63, 3.8) is 0 Å². The van der Waals surface area contributed by atoms with Crippen molar-refractivity contribution in [2.24, 2.45) is 5.92 Å². The van der Waals surface area contributed by atoms with Crippen molar-refractivity contribution in [3.05, 3.63) is 33.8 Å². The van der Waals surface area contributed by atoms with Gasteiger partial charge in [-0.1, -0.05) is 28.1 Å². The number of halogens is 1. The van der Waals surface area contributed by atoms with Gasteiger partial charge in [-0.05, 0) is 43.5 Å². The molecule has 0 amide bonds. The van der Waals surface area contributed by atoms with Crippen LogP contribution in [0.1, 0.15) is 30.0 Å². The molecule has 96 valence electrons. The molecule has 1 aliphatic rings. The van der Waals surface area contributed by atoms with E-state index in [4.69, 9.17) is 0 Å². The molecule has 0 bridgehead atoms. The Bertz CT molecular complexity index is 473. The molecule has 1 saturated heterocycles. The highest BCUT2D eigenvalue weighted by molar-refractivity contribution is 9.10. The third-order valence-corrected chi connectivity index (χ3v) is 4.35. The number of carbonyl (C=O) groups excluding carboxylic acids is 2. The molecule has 0 saturated carbocycles. The molecule has 1 aliphatic heterocycles. The predicted molar refractivity (Wildman–Crippen MR) is 73.4 cm³/mol. The number of aldehydes is 1. The average molecular weight is 310 g/mol. The van der Waals surface area contributed by atoms with E-state index in [1.54, 1.807) is 0 Å². The Balaban J connectivity index is 2.30. The average Bonchev–Trinajstić information content (AvgIpc) is 2.41. The van der Waals surface area contributed by atoms with Crippen molar-refractivity contribution >= 4 is 28.0 Å². The molecule has 2 rings (SSSR count). The normalized spacial score (nSPS) is 23.7. The minimum Gasteiger partial charge on any atom is -0.309 e. The van der Waals surface area contributed by atoms with Crippen molar-refractivity contribution < 1.29 is 9.59 Å². The maximum Gasteiger partial charge on any atom is 0.200 e. The highest BCUT2D eigenvalue weighted by atomic mass is 79.9. The fourth-order valence-corrected chi connectivity index (χ4v) is 2.83. The summed E-state index contributed by atoms with van der Waals surface area (Å²) >= 11 is 3.50. The van der Waals surface area contributed by atoms with Gasteiger partial charge in [0, 0.05) is 16.4 Å². The molecule has 18 heavy (non-hydrogen) atoms. The van der Waals surface area contributed by atoms with Crippen LogP contribution in [0, 0.1) is 12.8 Å². The van der Waals surface area contributed by atoms with Crippen LogP contribution in [0.3, 0.4) is 0 Å². The van der Waals surface area contributed by atoms with Crippen LogP contribution in [0.15, 0.2) is 22.7 Å². The second-order valence-electron chi connectivity index (χ2n) is 4.71. The molecule has 1 fully saturated rings. The van der Waals surface area contributed by atoms with Crippen LogP contribution < -0.4 is 5.32 Å². The quantitative estimate of drug-likeness (QED) is 0.689. The third-order valence-electron chi connectivity index (χ3n) is 3.50. The maximum absolute atomic E-state index is 11.7. The number of hydrogen-bond donors (Lipinski definition) is 1. The molecule has 1 aromatic carbocycles. The number of benzene rings is 1. The highest BCUT2D eigenvalue weighted by Gasteiger charge is 2.31. The number of carbonyl (C=O) groups is 2. The second kappa shape index (κ2) is 5.76. The van der Waals surface area contributed by atoms with Gasteiger partial charge in [0.1, 0.15) is 0 Å². The molecule has 3 nitrogen and oxygen atoms in total. The molecule has 0 spiro atoms. The van der Waals surface area contributed by atoms with Gasteiger partial charge in [-0.2, -0.15) is 0 Å². The Kier molecular flexibility index (Phi) is 4.30. The van der Waals surface area contributed by atoms with Crippen LogP contribution in [-0.4, -0.2) is 18.6 Å². The summed E-state index contributed by atoms with van der Waals surface area (Å²) in [6.45, 7) is 2.91. The van der Waals surface area contributed by atoms with Crippen LogP contribution in [0.25, 0.3) is 0 Å². The van der Waals surface area contributed by atoms with Gasteiger partial charge in [-0.3, -0.25) is 9.59 Å². The molecule has 1 N–H and O–H groups in total. The number of aryl methyl sites for hydroxylation is 1. The van der Waals surface area contributed by atoms with Gasteiger partial charge in [0.05, 0.1) is 0 Å². The van der Waals surface area contributed by atoms with Gasteiger partial charge in [-0.25, -0.2) is 0 Å². The topological polar surface area (TPSA) is 46.2 Å². The first kappa shape index (κ1) is 13.4. The molecule has 1 heterocycles. The molecular formula is C14H16BrNO2. The van der Waals surface area contributed by atoms with E-state index in [-0.39, 0.29) is 17.7 Å². The Morgan fingerprint density at radius 3 is 2.94 bits per heavy atom. The summed E-state index contributed by atoms with van der Waals surface area (Å²) in [5.74, 6) is -0.533. The van der Waals surface area contributed by atoms with Crippen molar-refractivity contribution in [2.45, 2.75) is 25.8 Å². The van der Waals surface area contributed by atoms with Gasteiger partial charge < -0.3 is 5.32 Å². The van der Waals surface area contributed by atoms with Crippen LogP contribution in [-0.2, 0) is 9.59 Å². The monoisotopic (exact) mass is 309 g/mol. The van der Waals surface area contributed by atoms with Crippen molar-refractivity contribution in [3.8, 4) is 0 Å². The second-order valence-corrected chi connectivity index (χ2v) is 5.56. The number of hydrogen-bond acceptors (Lipinski definition) is 3. The first-order valence-electron chi connectivity index (χ1n) is 6.12. The number of piperidine rings is 1. The molecular weight excluding hydrogens is 294 g/mol. The van der Waals surface area contributed by atoms with Crippen molar-refractivity contribution in [2.75, 3.05) is 6.54 Å². The summed E-state index contributed by atoms with van der Waals surface area (Å²) in [4.78, 5) is 22.4. The zero-order valence-corrected chi connectivity index (χ0v) is 11.9. The van der Waals surface area contributed by atoms with Gasteiger partial charge in [0.15, 0.2) is 12.1 Å². The van der Waals surface area contributed by atoms with Crippen LogP contribution in [0.2, 0.25) is 0 Å². The minimum atomic E-state index is -0.302. The maximum atomic E-state index is 11.7. The van der Waals surface area contributed by atoms with Crippen LogP contribution >= 0.6 is 15.9 Å². The smallest absolute Gasteiger partial charge is 0.200 e. The summed E-state index contributed by atoms with van der Waals surface area (Å²) in [5, 5.41) is 3.35. The Morgan fingerprint density at radius 2 is 2.28 bits per heavy atom. The highest BCUT2D eigenvalue weighted by Crippen LogP contribution is 2.31. The number of nitrogens with one attached hydrogen (secondary N) is 1. The lowest BCUT2D eigenvalue weighted by molar-refractivity contribution is -0.133. The molecule has 0 aliphatic carbocycles. The largest absolute Gasteiger partial charge is 0.309 e. The fourth-order valence-electron chi connectivity index (χ4n) is 2.44. The number of ketones is 1. The zero-order chi connectivity index (χ0) is 13.1. The van der Waals surface area contributed by atoms with Gasteiger partial charge in [-0.15, -0.1) is 0 Å². The van der Waals surface area contributed by atoms with E-state index in [1.165, 1.54) is 0 Å². The van der Waals surface area contributed by atoms with E-state index >= 15 is 0 Å². The predicted octanol–water partition coefficient (Wildman–Crippen LogP) is 2.57. The summed E-state index contributed by atoms with van der Waals surface area (Å²) in [6, 6.07) is 6.03. The van der Waals surface area contributed by atoms with E-state index in [0.29, 0.717) is 6.29 Å². The lowest BCUT2D eigenvalue weighted by Gasteiger charge is -2.31. The Morgan fingerprint density at radius 1 is 1.50 bits per heavy atom. The SMILES string of the molecule is Cc1ccc(C2NCCCC2C(=O)C=O)cc1Br. The standard InChI is InChI=1S/C14H16BrNO2/c1-9-4-5-10(7-12(9)15)14-11(13(18)8-17)3-2-6-16-14/h4-5,7-8,11,14,16H,2-3,6H2,1H3. The van der Waals surface area contributed by atoms with E-state index < -0.39 is 0 Å². The summed E-state index contributed by atoms with van der Waals surface area (Å²) in [7, 11) is 0.